The van der Waals surface area contributed by atoms with Crippen LogP contribution in [0.2, 0.25) is 0 Å². The van der Waals surface area contributed by atoms with E-state index in [4.69, 9.17) is 23.2 Å². The molecule has 0 N–H and O–H groups in total. The van der Waals surface area contributed by atoms with Crippen molar-refractivity contribution in [1.29, 1.82) is 0 Å². The van der Waals surface area contributed by atoms with Gasteiger partial charge in [-0.25, -0.2) is 0 Å². The molecule has 0 aliphatic heterocycles. The molecule has 0 aromatic heterocycles. The van der Waals surface area contributed by atoms with Crippen LogP contribution in [0.5, 0.6) is 0 Å². The third kappa shape index (κ3) is 5.37. The molecule has 0 bridgehead atoms. The van der Waals surface area contributed by atoms with Crippen molar-refractivity contribution < 1.29 is 0 Å². The molecule has 0 nitrogen and oxygen atoms in total. The van der Waals surface area contributed by atoms with Gasteiger partial charge < -0.3 is 0 Å². The van der Waals surface area contributed by atoms with E-state index in [1.165, 1.54) is 12.8 Å². The van der Waals surface area contributed by atoms with Crippen molar-refractivity contribution in [2.75, 3.05) is 11.8 Å². The molecule has 10 heavy (non-hydrogen) atoms. The Morgan fingerprint density at radius 3 is 2.10 bits per heavy atom. The molecule has 0 aliphatic rings. The number of unbranched alkanes of at least 4 members (excludes halogenated alkanes) is 1. The number of hydrogen-bond acceptors (Lipinski definition) is 0. The Hall–Kier alpha value is 0.580. The van der Waals surface area contributed by atoms with Gasteiger partial charge in [0.1, 0.15) is 0 Å². The van der Waals surface area contributed by atoms with Gasteiger partial charge in [-0.05, 0) is 18.3 Å². The second kappa shape index (κ2) is 5.26. The van der Waals surface area contributed by atoms with Crippen LogP contribution in [0.4, 0.5) is 0 Å². The first-order chi connectivity index (χ1) is 4.62. The van der Waals surface area contributed by atoms with Crippen LogP contribution in [0, 0.1) is 5.41 Å². The van der Waals surface area contributed by atoms with Gasteiger partial charge in [-0.1, -0.05) is 20.3 Å². The van der Waals surface area contributed by atoms with E-state index in [0.717, 1.165) is 18.2 Å². The molecule has 0 radical (unpaired) electrons. The molecule has 2 heteroatoms. The second-order valence-electron chi connectivity index (χ2n) is 3.44. The average molecular weight is 183 g/mol. The average Bonchev–Trinajstić information content (AvgIpc) is 1.89. The Morgan fingerprint density at radius 1 is 1.10 bits per heavy atom. The largest absolute Gasteiger partial charge is 0.127 e. The maximum atomic E-state index is 5.74. The van der Waals surface area contributed by atoms with Crippen molar-refractivity contribution in [2.45, 2.75) is 33.1 Å². The summed E-state index contributed by atoms with van der Waals surface area (Å²) in [5.74, 6) is 1.52. The molecule has 0 saturated carbocycles. The van der Waals surface area contributed by atoms with Crippen LogP contribution >= 0.6 is 23.2 Å². The van der Waals surface area contributed by atoms with Crippen molar-refractivity contribution in [3.8, 4) is 0 Å². The molecule has 0 atom stereocenters. The van der Waals surface area contributed by atoms with Gasteiger partial charge in [0, 0.05) is 11.8 Å². The molecule has 62 valence electrons. The fraction of sp³-hybridized carbons (Fsp3) is 1.00. The zero-order chi connectivity index (χ0) is 8.04. The van der Waals surface area contributed by atoms with Crippen LogP contribution < -0.4 is 0 Å². The van der Waals surface area contributed by atoms with Gasteiger partial charge >= 0.3 is 0 Å². The lowest BCUT2D eigenvalue weighted by molar-refractivity contribution is 0.370. The lowest BCUT2D eigenvalue weighted by Crippen LogP contribution is -2.12. The van der Waals surface area contributed by atoms with Crippen LogP contribution in [0.3, 0.4) is 0 Å². The van der Waals surface area contributed by atoms with E-state index in [9.17, 15) is 0 Å². The minimum atomic E-state index is 0.299. The van der Waals surface area contributed by atoms with E-state index < -0.39 is 0 Å². The topological polar surface area (TPSA) is 0 Å². The Labute approximate surface area is 73.9 Å². The molecule has 0 aliphatic carbocycles. The lowest BCUT2D eigenvalue weighted by atomic mass is 9.90. The van der Waals surface area contributed by atoms with E-state index in [-0.39, 0.29) is 0 Å². The molecule has 0 aromatic rings. The maximum absolute atomic E-state index is 5.74. The lowest BCUT2D eigenvalue weighted by Gasteiger charge is -2.20. The monoisotopic (exact) mass is 182 g/mol. The molecule has 0 aromatic carbocycles. The van der Waals surface area contributed by atoms with Gasteiger partial charge in [0.05, 0.1) is 0 Å². The predicted molar refractivity (Wildman–Crippen MR) is 49.1 cm³/mol. The first kappa shape index (κ1) is 10.6. The van der Waals surface area contributed by atoms with E-state index in [1.54, 1.807) is 0 Å². The first-order valence-corrected chi connectivity index (χ1v) is 4.81. The summed E-state index contributed by atoms with van der Waals surface area (Å²) in [5, 5.41) is 0. The summed E-state index contributed by atoms with van der Waals surface area (Å²) in [6.07, 6.45) is 3.49. The van der Waals surface area contributed by atoms with E-state index in [0.29, 0.717) is 5.41 Å². The van der Waals surface area contributed by atoms with Gasteiger partial charge in [-0.2, -0.15) is 0 Å². The molecule has 0 heterocycles. The predicted octanol–water partition coefficient (Wildman–Crippen LogP) is 3.66. The highest BCUT2D eigenvalue weighted by molar-refractivity contribution is 6.18. The summed E-state index contributed by atoms with van der Waals surface area (Å²) < 4.78 is 0. The summed E-state index contributed by atoms with van der Waals surface area (Å²) in [5.41, 5.74) is 0.299. The number of halogens is 2. The van der Waals surface area contributed by atoms with Crippen LogP contribution in [-0.4, -0.2) is 11.8 Å². The van der Waals surface area contributed by atoms with Gasteiger partial charge in [0.2, 0.25) is 0 Å². The van der Waals surface area contributed by atoms with Crippen LogP contribution in [0.1, 0.15) is 33.1 Å². The highest BCUT2D eigenvalue weighted by Gasteiger charge is 2.14. The maximum Gasteiger partial charge on any atom is 0.0274 e. The smallest absolute Gasteiger partial charge is 0.0274 e. The molecule has 0 rings (SSSR count). The Morgan fingerprint density at radius 2 is 1.70 bits per heavy atom. The molecule has 0 unspecified atom stereocenters. The summed E-state index contributed by atoms with van der Waals surface area (Å²) in [6, 6.07) is 0. The Bertz CT molecular complexity index is 79.3. The van der Waals surface area contributed by atoms with E-state index in [2.05, 4.69) is 13.8 Å². The third-order valence-electron chi connectivity index (χ3n) is 1.60. The van der Waals surface area contributed by atoms with Crippen molar-refractivity contribution in [2.24, 2.45) is 5.41 Å². The van der Waals surface area contributed by atoms with Crippen molar-refractivity contribution in [3.63, 3.8) is 0 Å². The fourth-order valence-corrected chi connectivity index (χ4v) is 1.09. The molecule has 0 saturated heterocycles. The SMILES string of the molecule is CC(C)(CCl)CCCCCl. The fourth-order valence-electron chi connectivity index (χ4n) is 0.765. The highest BCUT2D eigenvalue weighted by atomic mass is 35.5. The van der Waals surface area contributed by atoms with Gasteiger partial charge in [-0.15, -0.1) is 23.2 Å². The van der Waals surface area contributed by atoms with Gasteiger partial charge in [0.25, 0.3) is 0 Å². The van der Waals surface area contributed by atoms with E-state index >= 15 is 0 Å². The first-order valence-electron chi connectivity index (χ1n) is 3.74. The van der Waals surface area contributed by atoms with Gasteiger partial charge in [0.15, 0.2) is 0 Å². The zero-order valence-electron chi connectivity index (χ0n) is 6.79. The summed E-state index contributed by atoms with van der Waals surface area (Å²) in [6.45, 7) is 4.38. The molecule has 0 amide bonds. The van der Waals surface area contributed by atoms with Crippen LogP contribution in [0.15, 0.2) is 0 Å². The summed E-state index contributed by atoms with van der Waals surface area (Å²) >= 11 is 11.3. The Balaban J connectivity index is 3.28. The third-order valence-corrected chi connectivity index (χ3v) is 2.59. The highest BCUT2D eigenvalue weighted by Crippen LogP contribution is 2.24. The molecule has 0 spiro atoms. The minimum absolute atomic E-state index is 0.299. The quantitative estimate of drug-likeness (QED) is 0.450. The van der Waals surface area contributed by atoms with Crippen molar-refractivity contribution in [3.05, 3.63) is 0 Å². The summed E-state index contributed by atoms with van der Waals surface area (Å²) in [7, 11) is 0. The number of alkyl halides is 2. The van der Waals surface area contributed by atoms with Crippen molar-refractivity contribution >= 4 is 23.2 Å². The standard InChI is InChI=1S/C8H16Cl2/c1-8(2,7-10)5-3-4-6-9/h3-7H2,1-2H3. The van der Waals surface area contributed by atoms with Crippen LogP contribution in [0.25, 0.3) is 0 Å². The van der Waals surface area contributed by atoms with Crippen LogP contribution in [-0.2, 0) is 0 Å². The number of hydrogen-bond donors (Lipinski definition) is 0. The molecule has 0 fully saturated rings. The Kier molecular flexibility index (Phi) is 5.56. The van der Waals surface area contributed by atoms with E-state index in [1.807, 2.05) is 0 Å². The minimum Gasteiger partial charge on any atom is -0.127 e. The molecular weight excluding hydrogens is 167 g/mol. The number of rotatable bonds is 5. The normalized spacial score (nSPS) is 12.0. The van der Waals surface area contributed by atoms with Gasteiger partial charge in [-0.3, -0.25) is 0 Å². The molecular formula is C8H16Cl2. The summed E-state index contributed by atoms with van der Waals surface area (Å²) in [4.78, 5) is 0. The zero-order valence-corrected chi connectivity index (χ0v) is 8.30. The van der Waals surface area contributed by atoms with Crippen molar-refractivity contribution in [1.82, 2.24) is 0 Å². The second-order valence-corrected chi connectivity index (χ2v) is 4.09.